The van der Waals surface area contributed by atoms with E-state index in [-0.39, 0.29) is 48.7 Å². The second kappa shape index (κ2) is 7.94. The van der Waals surface area contributed by atoms with Crippen molar-refractivity contribution in [2.45, 2.75) is 25.8 Å². The molecule has 3 rings (SSSR count). The molecule has 0 bridgehead atoms. The number of likely N-dealkylation sites (tertiary alicyclic amines) is 1. The highest BCUT2D eigenvalue weighted by atomic mass is 19.1. The number of carbonyl (C=O) groups is 2. The van der Waals surface area contributed by atoms with E-state index in [2.05, 4.69) is 20.5 Å². The summed E-state index contributed by atoms with van der Waals surface area (Å²) in [7, 11) is 0. The highest BCUT2D eigenvalue weighted by Gasteiger charge is 2.30. The van der Waals surface area contributed by atoms with Gasteiger partial charge in [-0.3, -0.25) is 14.6 Å². The average molecular weight is 361 g/mol. The topological polar surface area (TPSA) is 111 Å². The van der Waals surface area contributed by atoms with Crippen molar-refractivity contribution in [2.24, 2.45) is 5.92 Å². The van der Waals surface area contributed by atoms with Gasteiger partial charge in [-0.1, -0.05) is 18.2 Å². The predicted octanol–water partition coefficient (Wildman–Crippen LogP) is 0.335. The minimum absolute atomic E-state index is 0.0774. The van der Waals surface area contributed by atoms with E-state index in [1.165, 1.54) is 11.0 Å². The number of amides is 2. The molecule has 0 saturated carbocycles. The Hall–Kier alpha value is -2.97. The third-order valence-corrected chi connectivity index (χ3v) is 4.40. The Morgan fingerprint density at radius 2 is 2.15 bits per heavy atom. The largest absolute Gasteiger partial charge is 0.355 e. The summed E-state index contributed by atoms with van der Waals surface area (Å²) >= 11 is 0. The Balaban J connectivity index is 1.53. The van der Waals surface area contributed by atoms with Gasteiger partial charge in [0, 0.05) is 38.0 Å². The molecule has 138 valence electrons. The molecule has 1 aliphatic rings. The van der Waals surface area contributed by atoms with Gasteiger partial charge in [0.25, 0.3) is 0 Å². The molecular formula is C17H20FN5O3. The number of hydrogen-bond acceptors (Lipinski definition) is 4. The molecule has 1 fully saturated rings. The van der Waals surface area contributed by atoms with Crippen LogP contribution in [0.3, 0.4) is 0 Å². The number of nitrogens with one attached hydrogen (secondary N) is 3. The summed E-state index contributed by atoms with van der Waals surface area (Å²) in [5.74, 6) is -0.465. The molecule has 0 spiro atoms. The number of benzene rings is 1. The van der Waals surface area contributed by atoms with Crippen LogP contribution >= 0.6 is 0 Å². The first-order chi connectivity index (χ1) is 12.5. The van der Waals surface area contributed by atoms with E-state index in [1.807, 2.05) is 0 Å². The molecule has 1 saturated heterocycles. The van der Waals surface area contributed by atoms with E-state index >= 15 is 0 Å². The summed E-state index contributed by atoms with van der Waals surface area (Å²) in [5.41, 5.74) is 0.0466. The summed E-state index contributed by atoms with van der Waals surface area (Å²) in [6, 6.07) is 6.31. The Labute approximate surface area is 148 Å². The van der Waals surface area contributed by atoms with Crippen LogP contribution in [0, 0.1) is 11.7 Å². The fourth-order valence-corrected chi connectivity index (χ4v) is 2.99. The molecule has 0 aliphatic carbocycles. The van der Waals surface area contributed by atoms with Crippen molar-refractivity contribution in [1.29, 1.82) is 0 Å². The zero-order valence-corrected chi connectivity index (χ0v) is 14.1. The molecule has 1 aromatic carbocycles. The highest BCUT2D eigenvalue weighted by Crippen LogP contribution is 2.21. The molecule has 8 nitrogen and oxygen atoms in total. The van der Waals surface area contributed by atoms with Crippen LogP contribution in [-0.4, -0.2) is 45.0 Å². The first kappa shape index (κ1) is 17.8. The van der Waals surface area contributed by atoms with Crippen LogP contribution in [0.15, 0.2) is 29.1 Å². The molecule has 9 heteroatoms. The van der Waals surface area contributed by atoms with E-state index in [4.69, 9.17) is 0 Å². The Kier molecular flexibility index (Phi) is 5.45. The van der Waals surface area contributed by atoms with Crippen LogP contribution in [0.25, 0.3) is 0 Å². The Bertz CT molecular complexity index is 847. The minimum Gasteiger partial charge on any atom is -0.355 e. The average Bonchev–Trinajstić information content (AvgIpc) is 3.04. The van der Waals surface area contributed by atoms with Gasteiger partial charge >= 0.3 is 5.69 Å². The fraction of sp³-hybridized carbons (Fsp3) is 0.412. The molecule has 26 heavy (non-hydrogen) atoms. The summed E-state index contributed by atoms with van der Waals surface area (Å²) in [4.78, 5) is 39.4. The lowest BCUT2D eigenvalue weighted by Gasteiger charge is -2.32. The zero-order valence-electron chi connectivity index (χ0n) is 14.1. The second-order valence-electron chi connectivity index (χ2n) is 6.27. The monoisotopic (exact) mass is 361 g/mol. The molecule has 3 N–H and O–H groups in total. The molecule has 2 aromatic rings. The minimum atomic E-state index is -0.388. The number of carbonyl (C=O) groups excluding carboxylic acids is 2. The van der Waals surface area contributed by atoms with Crippen LogP contribution in [0.4, 0.5) is 4.39 Å². The Morgan fingerprint density at radius 1 is 1.35 bits per heavy atom. The molecule has 0 unspecified atom stereocenters. The number of rotatable bonds is 6. The first-order valence-corrected chi connectivity index (χ1v) is 8.45. The van der Waals surface area contributed by atoms with Crippen LogP contribution < -0.4 is 11.0 Å². The van der Waals surface area contributed by atoms with Crippen molar-refractivity contribution in [3.8, 4) is 0 Å². The third-order valence-electron chi connectivity index (χ3n) is 4.40. The van der Waals surface area contributed by atoms with Gasteiger partial charge in [0.15, 0.2) is 0 Å². The maximum atomic E-state index is 13.8. The van der Waals surface area contributed by atoms with Crippen molar-refractivity contribution < 1.29 is 14.0 Å². The van der Waals surface area contributed by atoms with Crippen molar-refractivity contribution in [2.75, 3.05) is 13.1 Å². The van der Waals surface area contributed by atoms with Gasteiger partial charge in [0.2, 0.25) is 11.8 Å². The van der Waals surface area contributed by atoms with Crippen LogP contribution in [0.2, 0.25) is 0 Å². The van der Waals surface area contributed by atoms with Crippen molar-refractivity contribution >= 4 is 11.8 Å². The fourth-order valence-electron chi connectivity index (χ4n) is 2.99. The number of halogens is 1. The van der Waals surface area contributed by atoms with Crippen LogP contribution in [-0.2, 0) is 22.6 Å². The van der Waals surface area contributed by atoms with Gasteiger partial charge in [-0.05, 0) is 12.5 Å². The second-order valence-corrected chi connectivity index (χ2v) is 6.27. The number of H-pyrrole nitrogens is 2. The molecule has 1 aromatic heterocycles. The lowest BCUT2D eigenvalue weighted by atomic mass is 9.96. The SMILES string of the molecule is O=C(NCCc1n[nH]c(=O)[nH]1)[C@@H]1CCC(=O)N(Cc2ccccc2F)C1. The van der Waals surface area contributed by atoms with E-state index in [0.29, 0.717) is 30.8 Å². The molecule has 2 amide bonds. The third kappa shape index (κ3) is 4.35. The van der Waals surface area contributed by atoms with Gasteiger partial charge in [-0.15, -0.1) is 0 Å². The van der Waals surface area contributed by atoms with E-state index in [9.17, 15) is 18.8 Å². The van der Waals surface area contributed by atoms with E-state index in [1.54, 1.807) is 18.2 Å². The quantitative estimate of drug-likeness (QED) is 0.689. The molecule has 2 heterocycles. The molecule has 1 aliphatic heterocycles. The maximum absolute atomic E-state index is 13.8. The predicted molar refractivity (Wildman–Crippen MR) is 90.5 cm³/mol. The van der Waals surface area contributed by atoms with E-state index in [0.717, 1.165) is 0 Å². The van der Waals surface area contributed by atoms with Gasteiger partial charge in [0.1, 0.15) is 11.6 Å². The van der Waals surface area contributed by atoms with E-state index < -0.39 is 0 Å². The standard InChI is InChI=1S/C17H20FN5O3/c18-13-4-2-1-3-11(13)9-23-10-12(5-6-15(23)24)16(25)19-8-7-14-20-17(26)22-21-14/h1-4,12H,5-10H2,(H,19,25)(H2,20,21,22,26)/t12-/m1/s1. The van der Waals surface area contributed by atoms with Gasteiger partial charge in [-0.25, -0.2) is 14.3 Å². The van der Waals surface area contributed by atoms with Crippen molar-refractivity contribution in [3.05, 3.63) is 52.0 Å². The normalized spacial score (nSPS) is 17.3. The maximum Gasteiger partial charge on any atom is 0.340 e. The number of piperidine rings is 1. The first-order valence-electron chi connectivity index (χ1n) is 8.45. The van der Waals surface area contributed by atoms with Crippen molar-refractivity contribution in [3.63, 3.8) is 0 Å². The molecule has 0 radical (unpaired) electrons. The van der Waals surface area contributed by atoms with Crippen LogP contribution in [0.1, 0.15) is 24.2 Å². The molecule has 1 atom stereocenters. The summed E-state index contributed by atoms with van der Waals surface area (Å²) < 4.78 is 13.8. The summed E-state index contributed by atoms with van der Waals surface area (Å²) in [6.45, 7) is 0.749. The smallest absolute Gasteiger partial charge is 0.340 e. The number of aromatic nitrogens is 3. The lowest BCUT2D eigenvalue weighted by molar-refractivity contribution is -0.138. The molecular weight excluding hydrogens is 341 g/mol. The van der Waals surface area contributed by atoms with Gasteiger partial charge < -0.3 is 10.2 Å². The Morgan fingerprint density at radius 3 is 2.88 bits per heavy atom. The zero-order chi connectivity index (χ0) is 18.5. The number of nitrogens with zero attached hydrogens (tertiary/aromatic N) is 2. The lowest BCUT2D eigenvalue weighted by Crippen LogP contribution is -2.45. The highest BCUT2D eigenvalue weighted by molar-refractivity contribution is 5.83. The summed E-state index contributed by atoms with van der Waals surface area (Å²) in [5, 5.41) is 8.82. The number of hydrogen-bond donors (Lipinski definition) is 3. The number of aromatic amines is 2. The van der Waals surface area contributed by atoms with Gasteiger partial charge in [0.05, 0.1) is 5.92 Å². The van der Waals surface area contributed by atoms with Crippen LogP contribution in [0.5, 0.6) is 0 Å². The van der Waals surface area contributed by atoms with Gasteiger partial charge in [-0.2, -0.15) is 5.10 Å². The summed E-state index contributed by atoms with van der Waals surface area (Å²) in [6.07, 6.45) is 1.13. The van der Waals surface area contributed by atoms with Crippen molar-refractivity contribution in [1.82, 2.24) is 25.4 Å².